The van der Waals surface area contributed by atoms with Crippen molar-refractivity contribution in [1.29, 1.82) is 0 Å². The fourth-order valence-corrected chi connectivity index (χ4v) is 3.15. The highest BCUT2D eigenvalue weighted by Gasteiger charge is 2.15. The monoisotopic (exact) mass is 340 g/mol. The maximum atomic E-state index is 9.53. The van der Waals surface area contributed by atoms with Gasteiger partial charge in [-0.15, -0.1) is 0 Å². The number of rotatable bonds is 8. The summed E-state index contributed by atoms with van der Waals surface area (Å²) in [5, 5.41) is 13.0. The Labute approximate surface area is 150 Å². The molecule has 2 aromatic rings. The summed E-state index contributed by atoms with van der Waals surface area (Å²) in [6.45, 7) is 5.02. The van der Waals surface area contributed by atoms with Gasteiger partial charge in [-0.3, -0.25) is 0 Å². The van der Waals surface area contributed by atoms with Crippen molar-refractivity contribution in [2.75, 3.05) is 26.2 Å². The van der Waals surface area contributed by atoms with Crippen LogP contribution in [0.3, 0.4) is 0 Å². The molecule has 0 unspecified atom stereocenters. The first kappa shape index (κ1) is 17.9. The Balaban J connectivity index is 1.36. The first-order chi connectivity index (χ1) is 12.3. The summed E-state index contributed by atoms with van der Waals surface area (Å²) >= 11 is 0. The largest absolute Gasteiger partial charge is 0.457 e. The first-order valence-corrected chi connectivity index (χ1v) is 9.22. The summed E-state index contributed by atoms with van der Waals surface area (Å²) in [6, 6.07) is 18.1. The van der Waals surface area contributed by atoms with Gasteiger partial charge in [-0.2, -0.15) is 0 Å². The standard InChI is InChI=1S/C21H28N2O2/c24-19-10-14-23(15-11-19)13-5-12-22-17-18-6-4-9-21(16-18)25-20-7-2-1-3-8-20/h1-4,6-9,16,19,22,24H,5,10-15,17H2. The molecule has 134 valence electrons. The quantitative estimate of drug-likeness (QED) is 0.723. The van der Waals surface area contributed by atoms with Crippen molar-refractivity contribution in [3.8, 4) is 11.5 Å². The minimum Gasteiger partial charge on any atom is -0.457 e. The molecule has 25 heavy (non-hydrogen) atoms. The SMILES string of the molecule is OC1CCN(CCCNCc2cccc(Oc3ccccc3)c2)CC1. The second-order valence-electron chi connectivity index (χ2n) is 6.67. The first-order valence-electron chi connectivity index (χ1n) is 9.22. The molecule has 0 amide bonds. The van der Waals surface area contributed by atoms with Gasteiger partial charge in [-0.05, 0) is 62.2 Å². The van der Waals surface area contributed by atoms with E-state index in [9.17, 15) is 5.11 Å². The Kier molecular flexibility index (Phi) is 6.86. The smallest absolute Gasteiger partial charge is 0.127 e. The van der Waals surface area contributed by atoms with Crippen molar-refractivity contribution >= 4 is 0 Å². The Morgan fingerprint density at radius 1 is 1.00 bits per heavy atom. The number of piperidine rings is 1. The van der Waals surface area contributed by atoms with Gasteiger partial charge in [0.1, 0.15) is 11.5 Å². The molecule has 1 aliphatic rings. The maximum absolute atomic E-state index is 9.53. The van der Waals surface area contributed by atoms with E-state index in [2.05, 4.69) is 22.3 Å². The van der Waals surface area contributed by atoms with E-state index in [-0.39, 0.29) is 6.10 Å². The molecule has 1 fully saturated rings. The van der Waals surface area contributed by atoms with Crippen LogP contribution in [0.1, 0.15) is 24.8 Å². The zero-order valence-corrected chi connectivity index (χ0v) is 14.7. The summed E-state index contributed by atoms with van der Waals surface area (Å²) in [5.41, 5.74) is 1.23. The average molecular weight is 340 g/mol. The number of hydrogen-bond acceptors (Lipinski definition) is 4. The second-order valence-corrected chi connectivity index (χ2v) is 6.67. The number of aliphatic hydroxyl groups excluding tert-OH is 1. The second kappa shape index (κ2) is 9.56. The van der Waals surface area contributed by atoms with Crippen LogP contribution in [0.5, 0.6) is 11.5 Å². The normalized spacial score (nSPS) is 16.0. The molecular weight excluding hydrogens is 312 g/mol. The van der Waals surface area contributed by atoms with Crippen LogP contribution in [0.4, 0.5) is 0 Å². The molecule has 1 aliphatic heterocycles. The summed E-state index contributed by atoms with van der Waals surface area (Å²) in [6.07, 6.45) is 2.89. The van der Waals surface area contributed by atoms with Crippen molar-refractivity contribution in [2.45, 2.75) is 31.9 Å². The van der Waals surface area contributed by atoms with Gasteiger partial charge < -0.3 is 20.1 Å². The van der Waals surface area contributed by atoms with Gasteiger partial charge in [0.15, 0.2) is 0 Å². The van der Waals surface area contributed by atoms with Crippen LogP contribution in [0.2, 0.25) is 0 Å². The van der Waals surface area contributed by atoms with E-state index in [0.717, 1.165) is 63.5 Å². The average Bonchev–Trinajstić information content (AvgIpc) is 2.64. The van der Waals surface area contributed by atoms with Gasteiger partial charge in [-0.1, -0.05) is 30.3 Å². The van der Waals surface area contributed by atoms with Gasteiger partial charge in [0.25, 0.3) is 0 Å². The van der Waals surface area contributed by atoms with Crippen LogP contribution in [-0.2, 0) is 6.54 Å². The third kappa shape index (κ3) is 6.16. The lowest BCUT2D eigenvalue weighted by molar-refractivity contribution is 0.0821. The molecule has 4 heteroatoms. The number of para-hydroxylation sites is 1. The number of hydrogen-bond donors (Lipinski definition) is 2. The highest BCUT2D eigenvalue weighted by Crippen LogP contribution is 2.21. The predicted molar refractivity (Wildman–Crippen MR) is 101 cm³/mol. The topological polar surface area (TPSA) is 44.7 Å². The molecule has 1 heterocycles. The summed E-state index contributed by atoms with van der Waals surface area (Å²) in [5.74, 6) is 1.73. The number of benzene rings is 2. The number of likely N-dealkylation sites (tertiary alicyclic amines) is 1. The van der Waals surface area contributed by atoms with E-state index in [4.69, 9.17) is 4.74 Å². The molecule has 2 N–H and O–H groups in total. The van der Waals surface area contributed by atoms with Crippen LogP contribution in [0.15, 0.2) is 54.6 Å². The van der Waals surface area contributed by atoms with E-state index in [0.29, 0.717) is 0 Å². The zero-order valence-electron chi connectivity index (χ0n) is 14.7. The third-order valence-corrected chi connectivity index (χ3v) is 4.59. The minimum absolute atomic E-state index is 0.0836. The van der Waals surface area contributed by atoms with E-state index in [1.54, 1.807) is 0 Å². The molecule has 0 radical (unpaired) electrons. The molecule has 4 nitrogen and oxygen atoms in total. The summed E-state index contributed by atoms with van der Waals surface area (Å²) < 4.78 is 5.88. The Hall–Kier alpha value is -1.88. The van der Waals surface area contributed by atoms with Crippen LogP contribution in [-0.4, -0.2) is 42.3 Å². The molecule has 0 aromatic heterocycles. The van der Waals surface area contributed by atoms with Crippen molar-refractivity contribution in [1.82, 2.24) is 10.2 Å². The molecule has 0 spiro atoms. The van der Waals surface area contributed by atoms with Gasteiger partial charge >= 0.3 is 0 Å². The van der Waals surface area contributed by atoms with E-state index in [1.165, 1.54) is 5.56 Å². The Morgan fingerprint density at radius 2 is 1.76 bits per heavy atom. The van der Waals surface area contributed by atoms with Gasteiger partial charge in [0, 0.05) is 19.6 Å². The van der Waals surface area contributed by atoms with E-state index < -0.39 is 0 Å². The number of ether oxygens (including phenoxy) is 1. The minimum atomic E-state index is -0.0836. The molecule has 3 rings (SSSR count). The highest BCUT2D eigenvalue weighted by molar-refractivity contribution is 5.33. The number of nitrogens with one attached hydrogen (secondary N) is 1. The predicted octanol–water partition coefficient (Wildman–Crippen LogP) is 3.42. The fraction of sp³-hybridized carbons (Fsp3) is 0.429. The summed E-state index contributed by atoms with van der Waals surface area (Å²) in [4.78, 5) is 2.45. The zero-order chi connectivity index (χ0) is 17.3. The number of aliphatic hydroxyl groups is 1. The lowest BCUT2D eigenvalue weighted by Gasteiger charge is -2.29. The fourth-order valence-electron chi connectivity index (χ4n) is 3.15. The van der Waals surface area contributed by atoms with Gasteiger partial charge in [-0.25, -0.2) is 0 Å². The molecule has 1 saturated heterocycles. The van der Waals surface area contributed by atoms with E-state index in [1.807, 2.05) is 42.5 Å². The van der Waals surface area contributed by atoms with Crippen molar-refractivity contribution in [3.05, 3.63) is 60.2 Å². The molecule has 0 aliphatic carbocycles. The molecule has 0 bridgehead atoms. The van der Waals surface area contributed by atoms with Crippen LogP contribution in [0.25, 0.3) is 0 Å². The van der Waals surface area contributed by atoms with E-state index >= 15 is 0 Å². The Bertz CT molecular complexity index is 625. The van der Waals surface area contributed by atoms with Crippen LogP contribution < -0.4 is 10.1 Å². The molecular formula is C21H28N2O2. The van der Waals surface area contributed by atoms with Gasteiger partial charge in [0.2, 0.25) is 0 Å². The Morgan fingerprint density at radius 3 is 2.56 bits per heavy atom. The maximum Gasteiger partial charge on any atom is 0.127 e. The van der Waals surface area contributed by atoms with Crippen molar-refractivity contribution < 1.29 is 9.84 Å². The van der Waals surface area contributed by atoms with Crippen molar-refractivity contribution in [2.24, 2.45) is 0 Å². The third-order valence-electron chi connectivity index (χ3n) is 4.59. The van der Waals surface area contributed by atoms with Crippen LogP contribution in [0, 0.1) is 0 Å². The summed E-state index contributed by atoms with van der Waals surface area (Å²) in [7, 11) is 0. The lowest BCUT2D eigenvalue weighted by Crippen LogP contribution is -2.37. The highest BCUT2D eigenvalue weighted by atomic mass is 16.5. The number of nitrogens with zero attached hydrogens (tertiary/aromatic N) is 1. The molecule has 0 atom stereocenters. The van der Waals surface area contributed by atoms with Crippen LogP contribution >= 0.6 is 0 Å². The molecule has 0 saturated carbocycles. The van der Waals surface area contributed by atoms with Gasteiger partial charge in [0.05, 0.1) is 6.10 Å². The van der Waals surface area contributed by atoms with Crippen molar-refractivity contribution in [3.63, 3.8) is 0 Å². The molecule has 2 aromatic carbocycles. The lowest BCUT2D eigenvalue weighted by atomic mass is 10.1.